The first-order valence-corrected chi connectivity index (χ1v) is 47.2. The summed E-state index contributed by atoms with van der Waals surface area (Å²) in [5.41, 5.74) is 19.3. The van der Waals surface area contributed by atoms with Gasteiger partial charge < -0.3 is 0 Å². The van der Waals surface area contributed by atoms with E-state index in [0.29, 0.717) is 17.8 Å². The van der Waals surface area contributed by atoms with E-state index in [-0.39, 0.29) is 0 Å². The predicted octanol–water partition coefficient (Wildman–Crippen LogP) is 31.9. The molecule has 0 atom stereocenters. The molecule has 15 heteroatoms. The average Bonchev–Trinajstić information content (AvgIpc) is 1.54. The van der Waals surface area contributed by atoms with Gasteiger partial charge >= 0.3 is 0 Å². The number of hydrogen-bond donors (Lipinski definition) is 0. The van der Waals surface area contributed by atoms with Crippen LogP contribution >= 0.6 is 34.0 Å². The third kappa shape index (κ3) is 11.6. The molecular formula is C119H68N12S3. The summed E-state index contributed by atoms with van der Waals surface area (Å²) in [7, 11) is 0. The molecule has 0 radical (unpaired) electrons. The van der Waals surface area contributed by atoms with Gasteiger partial charge in [-0.2, -0.15) is 0 Å². The molecule has 0 aliphatic heterocycles. The molecule has 18 aromatic carbocycles. The lowest BCUT2D eigenvalue weighted by molar-refractivity contribution is 1.01. The van der Waals surface area contributed by atoms with Gasteiger partial charge in [0.25, 0.3) is 0 Å². The van der Waals surface area contributed by atoms with Crippen molar-refractivity contribution in [2.45, 2.75) is 0 Å². The molecule has 30 rings (SSSR count). The lowest BCUT2D eigenvalue weighted by Gasteiger charge is -2.13. The molecule has 0 bridgehead atoms. The highest BCUT2D eigenvalue weighted by atomic mass is 32.1. The van der Waals surface area contributed by atoms with Crippen molar-refractivity contribution < 1.29 is 0 Å². The number of aromatic nitrogens is 12. The van der Waals surface area contributed by atoms with Crippen molar-refractivity contribution >= 4 is 247 Å². The van der Waals surface area contributed by atoms with Gasteiger partial charge in [-0.25, -0.2) is 29.9 Å². The Kier molecular flexibility index (Phi) is 17.1. The van der Waals surface area contributed by atoms with Crippen molar-refractivity contribution in [2.24, 2.45) is 0 Å². The van der Waals surface area contributed by atoms with Crippen molar-refractivity contribution in [1.82, 2.24) is 58.6 Å². The van der Waals surface area contributed by atoms with E-state index in [0.717, 1.165) is 116 Å². The fourth-order valence-electron chi connectivity index (χ4n) is 21.0. The molecule has 0 saturated heterocycles. The number of thiophene rings is 3. The number of pyridine rings is 3. The monoisotopic (exact) mass is 1760 g/mol. The fourth-order valence-corrected chi connectivity index (χ4v) is 24.8. The maximum absolute atomic E-state index is 5.39. The number of para-hydroxylation sites is 3. The van der Waals surface area contributed by atoms with Gasteiger partial charge in [0.2, 0.25) is 17.8 Å². The van der Waals surface area contributed by atoms with E-state index in [2.05, 4.69) is 366 Å². The smallest absolute Gasteiger partial charge is 0.235 e. The first kappa shape index (κ1) is 75.7. The van der Waals surface area contributed by atoms with Crippen LogP contribution in [0.1, 0.15) is 0 Å². The van der Waals surface area contributed by atoms with Crippen LogP contribution < -0.4 is 0 Å². The van der Waals surface area contributed by atoms with Gasteiger partial charge in [0.1, 0.15) is 33.6 Å². The SMILES string of the molecule is c1ccc(-c2cccc(-c3nc(-n4c5ccccc5c5c6sc7ccccc7c6c6ccccc6c54)nc4cccnc34)c2)cc1.c1ccc2c(-c3nc(-n4c5ccccc5c5c6sc7ccccc7c6c6ccccc6c54)nc4cccnc34)cccc2c1.c1ccc2cc(-c3nc(-n4c5ccccc5c5c6sc7ccccc7c6c6ccccc6c54)nc4cccnc34)ccc2c1. The van der Waals surface area contributed by atoms with E-state index in [1.54, 1.807) is 0 Å². The summed E-state index contributed by atoms with van der Waals surface area (Å²) in [4.78, 5) is 46.1. The predicted molar refractivity (Wildman–Crippen MR) is 563 cm³/mol. The highest BCUT2D eigenvalue weighted by molar-refractivity contribution is 7.28. The van der Waals surface area contributed by atoms with Crippen molar-refractivity contribution in [3.8, 4) is 62.7 Å². The van der Waals surface area contributed by atoms with Crippen LogP contribution in [-0.2, 0) is 0 Å². The summed E-state index contributed by atoms with van der Waals surface area (Å²) >= 11 is 5.61. The summed E-state index contributed by atoms with van der Waals surface area (Å²) in [5, 5.41) is 27.2. The van der Waals surface area contributed by atoms with E-state index in [1.807, 2.05) is 95.1 Å². The Morgan fingerprint density at radius 3 is 0.978 bits per heavy atom. The molecule has 0 unspecified atom stereocenters. The van der Waals surface area contributed by atoms with Crippen molar-refractivity contribution in [3.63, 3.8) is 0 Å². The number of rotatable bonds is 7. The lowest BCUT2D eigenvalue weighted by Crippen LogP contribution is -2.04. The second-order valence-electron chi connectivity index (χ2n) is 34.0. The van der Waals surface area contributed by atoms with Crippen LogP contribution in [-0.4, -0.2) is 58.6 Å². The van der Waals surface area contributed by atoms with Crippen molar-refractivity contribution in [3.05, 3.63) is 413 Å². The standard InChI is InChI=1S/C41H24N4S.2C39H22N4S/c1-2-12-25(13-3-1)26-14-10-15-27(24-26)37-38-32(20-11-23-42-38)43-41(44-37)45-33-21-8-6-18-30(33)36-39(45)29-17-5-4-16-28(29)35-31-19-7-9-22-34(31)46-40(35)36;1-2-13-24-23(11-1)12-9-18-26(24)35-36-30(19-10-22-40-36)41-39(42-35)43-31-20-7-5-16-28(31)34-37(43)27-15-4-3-14-25(27)33-29-17-6-8-21-32(29)44-38(33)34;1-2-11-24-22-25(20-19-23(24)10-1)35-36-30(16-9-21-40-36)41-39(42-35)43-31-17-7-5-14-28(31)34-37(43)27-13-4-3-12-26(27)33-29-15-6-8-18-32(29)44-38(33)34/h1-24H;2*1-22H. The maximum atomic E-state index is 5.39. The maximum Gasteiger partial charge on any atom is 0.235 e. The Labute approximate surface area is 775 Å². The van der Waals surface area contributed by atoms with E-state index in [9.17, 15) is 0 Å². The molecule has 0 fully saturated rings. The zero-order valence-corrected chi connectivity index (χ0v) is 73.8. The summed E-state index contributed by atoms with van der Waals surface area (Å²) in [6.45, 7) is 0. The summed E-state index contributed by atoms with van der Waals surface area (Å²) in [6.07, 6.45) is 5.47. The van der Waals surface area contributed by atoms with Crippen molar-refractivity contribution in [2.75, 3.05) is 0 Å². The van der Waals surface area contributed by atoms with E-state index < -0.39 is 0 Å². The minimum absolute atomic E-state index is 0.637. The van der Waals surface area contributed by atoms with Crippen LogP contribution in [0.15, 0.2) is 413 Å². The normalized spacial score (nSPS) is 12.0. The zero-order chi connectivity index (χ0) is 87.7. The molecule has 134 heavy (non-hydrogen) atoms. The third-order valence-electron chi connectivity index (χ3n) is 26.7. The van der Waals surface area contributed by atoms with Crippen LogP contribution in [0.5, 0.6) is 0 Å². The van der Waals surface area contributed by atoms with Gasteiger partial charge in [-0.3, -0.25) is 28.7 Å². The highest BCUT2D eigenvalue weighted by Crippen LogP contribution is 2.53. The van der Waals surface area contributed by atoms with Gasteiger partial charge in [-0.15, -0.1) is 34.0 Å². The Morgan fingerprint density at radius 2 is 0.522 bits per heavy atom. The number of fused-ring (bicyclic) bond motifs is 35. The lowest BCUT2D eigenvalue weighted by atomic mass is 10.00. The van der Waals surface area contributed by atoms with Crippen LogP contribution in [0, 0.1) is 0 Å². The second kappa shape index (κ2) is 30.2. The minimum Gasteiger partial charge on any atom is -0.277 e. The van der Waals surface area contributed by atoms with Crippen LogP contribution in [0.4, 0.5) is 0 Å². The minimum atomic E-state index is 0.637. The van der Waals surface area contributed by atoms with Crippen LogP contribution in [0.3, 0.4) is 0 Å². The van der Waals surface area contributed by atoms with Gasteiger partial charge in [-0.05, 0) is 134 Å². The number of hydrogen-bond acceptors (Lipinski definition) is 12. The highest BCUT2D eigenvalue weighted by Gasteiger charge is 2.30. The number of nitrogens with zero attached hydrogens (tertiary/aromatic N) is 12. The molecule has 0 aliphatic rings. The van der Waals surface area contributed by atoms with E-state index >= 15 is 0 Å². The molecule has 12 nitrogen and oxygen atoms in total. The molecule has 0 spiro atoms. The number of benzene rings is 18. The Balaban J connectivity index is 0.000000100. The first-order chi connectivity index (χ1) is 66.5. The average molecular weight is 1760 g/mol. The summed E-state index contributed by atoms with van der Waals surface area (Å²) in [5.74, 6) is 1.92. The summed E-state index contributed by atoms with van der Waals surface area (Å²) in [6, 6.07) is 139. The molecule has 0 saturated carbocycles. The van der Waals surface area contributed by atoms with E-state index in [1.165, 1.54) is 141 Å². The molecule has 12 heterocycles. The molecule has 0 amide bonds. The molecule has 0 aliphatic carbocycles. The Bertz CT molecular complexity index is 10200. The van der Waals surface area contributed by atoms with Gasteiger partial charge in [-0.1, -0.05) is 309 Å². The molecule has 30 aromatic rings. The second-order valence-corrected chi connectivity index (χ2v) is 37.2. The molecule has 12 aromatic heterocycles. The van der Waals surface area contributed by atoms with Gasteiger partial charge in [0.05, 0.1) is 49.7 Å². The summed E-state index contributed by atoms with van der Waals surface area (Å²) < 4.78 is 14.6. The van der Waals surface area contributed by atoms with Gasteiger partial charge in [0, 0.05) is 144 Å². The van der Waals surface area contributed by atoms with E-state index in [4.69, 9.17) is 44.9 Å². The Morgan fingerprint density at radius 1 is 0.194 bits per heavy atom. The molecular weight excluding hydrogens is 1690 g/mol. The first-order valence-electron chi connectivity index (χ1n) is 44.8. The van der Waals surface area contributed by atoms with Gasteiger partial charge in [0.15, 0.2) is 0 Å². The third-order valence-corrected chi connectivity index (χ3v) is 30.3. The topological polar surface area (TPSA) is 131 Å². The van der Waals surface area contributed by atoms with Crippen LogP contribution in [0.25, 0.3) is 276 Å². The quantitative estimate of drug-likeness (QED) is 0.153. The fraction of sp³-hybridized carbons (Fsp3) is 0. The molecule has 0 N–H and O–H groups in total. The van der Waals surface area contributed by atoms with Crippen LogP contribution in [0.2, 0.25) is 0 Å². The molecule has 622 valence electrons. The zero-order valence-electron chi connectivity index (χ0n) is 71.4. The Hall–Kier alpha value is -17.2. The van der Waals surface area contributed by atoms with Crippen molar-refractivity contribution in [1.29, 1.82) is 0 Å². The largest absolute Gasteiger partial charge is 0.277 e.